The van der Waals surface area contributed by atoms with Gasteiger partial charge in [-0.15, -0.1) is 11.3 Å². The first-order chi connectivity index (χ1) is 9.43. The zero-order chi connectivity index (χ0) is 14.9. The summed E-state index contributed by atoms with van der Waals surface area (Å²) in [6.45, 7) is 9.66. The molecule has 1 unspecified atom stereocenters. The molecule has 20 heavy (non-hydrogen) atoms. The van der Waals surface area contributed by atoms with Gasteiger partial charge in [0, 0.05) is 0 Å². The van der Waals surface area contributed by atoms with Crippen molar-refractivity contribution in [1.29, 1.82) is 0 Å². The van der Waals surface area contributed by atoms with Gasteiger partial charge in [0.05, 0.1) is 13.6 Å². The summed E-state index contributed by atoms with van der Waals surface area (Å²) in [5.41, 5.74) is 6.72. The van der Waals surface area contributed by atoms with Crippen LogP contribution in [0.1, 0.15) is 40.8 Å². The molecule has 1 heterocycles. The minimum Gasteiger partial charge on any atom is -0.306 e. The summed E-state index contributed by atoms with van der Waals surface area (Å²) in [6, 6.07) is 6.97. The van der Waals surface area contributed by atoms with Gasteiger partial charge in [-0.2, -0.15) is 0 Å². The monoisotopic (exact) mass is 415 g/mol. The molecule has 0 aliphatic heterocycles. The Morgan fingerprint density at radius 2 is 1.70 bits per heavy atom. The SMILES string of the molecule is CCNC(c1cc(Br)sc1Br)c1c(C)cc(C)cc1C. The summed E-state index contributed by atoms with van der Waals surface area (Å²) >= 11 is 9.01. The van der Waals surface area contributed by atoms with Crippen LogP contribution in [0.4, 0.5) is 0 Å². The number of benzene rings is 1. The molecule has 4 heteroatoms. The van der Waals surface area contributed by atoms with E-state index in [1.807, 2.05) is 0 Å². The Kier molecular flexibility index (Phi) is 5.46. The molecule has 0 amide bonds. The molecular formula is C16H19Br2NS. The molecule has 1 aromatic heterocycles. The van der Waals surface area contributed by atoms with E-state index in [4.69, 9.17) is 0 Å². The Bertz CT molecular complexity index is 596. The lowest BCUT2D eigenvalue weighted by molar-refractivity contribution is 0.624. The molecule has 0 radical (unpaired) electrons. The van der Waals surface area contributed by atoms with Crippen molar-refractivity contribution in [3.8, 4) is 0 Å². The molecule has 0 saturated carbocycles. The maximum Gasteiger partial charge on any atom is 0.0761 e. The van der Waals surface area contributed by atoms with Crippen LogP contribution in [0.15, 0.2) is 25.8 Å². The molecule has 1 atom stereocenters. The van der Waals surface area contributed by atoms with Gasteiger partial charge in [-0.3, -0.25) is 0 Å². The van der Waals surface area contributed by atoms with Crippen molar-refractivity contribution in [2.45, 2.75) is 33.7 Å². The van der Waals surface area contributed by atoms with Gasteiger partial charge in [0.1, 0.15) is 0 Å². The molecule has 2 rings (SSSR count). The first kappa shape index (κ1) is 16.2. The summed E-state index contributed by atoms with van der Waals surface area (Å²) in [4.78, 5) is 0. The number of hydrogen-bond acceptors (Lipinski definition) is 2. The van der Waals surface area contributed by atoms with Crippen LogP contribution >= 0.6 is 43.2 Å². The minimum atomic E-state index is 0.234. The fourth-order valence-electron chi connectivity index (χ4n) is 2.77. The Labute approximate surface area is 142 Å². The normalized spacial score (nSPS) is 12.7. The molecule has 0 saturated heterocycles. The van der Waals surface area contributed by atoms with E-state index in [0.29, 0.717) is 0 Å². The van der Waals surface area contributed by atoms with Crippen molar-refractivity contribution >= 4 is 43.2 Å². The second-order valence-electron chi connectivity index (χ2n) is 5.08. The first-order valence-corrected chi connectivity index (χ1v) is 9.10. The van der Waals surface area contributed by atoms with E-state index in [2.05, 4.69) is 83.1 Å². The molecule has 0 aliphatic rings. The van der Waals surface area contributed by atoms with Crippen molar-refractivity contribution in [2.75, 3.05) is 6.54 Å². The van der Waals surface area contributed by atoms with Crippen LogP contribution in [0.2, 0.25) is 0 Å². The Morgan fingerprint density at radius 3 is 2.15 bits per heavy atom. The molecule has 1 N–H and O–H groups in total. The molecule has 108 valence electrons. The number of rotatable bonds is 4. The zero-order valence-corrected chi connectivity index (χ0v) is 16.2. The van der Waals surface area contributed by atoms with E-state index < -0.39 is 0 Å². The van der Waals surface area contributed by atoms with Crippen LogP contribution in [0.5, 0.6) is 0 Å². The standard InChI is InChI=1S/C16H19Br2NS/c1-5-19-15(12-8-13(17)20-16(12)18)14-10(3)6-9(2)7-11(14)4/h6-8,15,19H,5H2,1-4H3. The van der Waals surface area contributed by atoms with Crippen molar-refractivity contribution in [3.63, 3.8) is 0 Å². The lowest BCUT2D eigenvalue weighted by Crippen LogP contribution is -2.23. The molecule has 2 aromatic rings. The van der Waals surface area contributed by atoms with E-state index in [0.717, 1.165) is 10.3 Å². The van der Waals surface area contributed by atoms with E-state index in [1.165, 1.54) is 31.6 Å². The molecule has 1 nitrogen and oxygen atoms in total. The summed E-state index contributed by atoms with van der Waals surface area (Å²) < 4.78 is 2.35. The van der Waals surface area contributed by atoms with Crippen LogP contribution in [0.25, 0.3) is 0 Å². The van der Waals surface area contributed by atoms with Gasteiger partial charge in [-0.25, -0.2) is 0 Å². The third-order valence-electron chi connectivity index (χ3n) is 3.43. The predicted molar refractivity (Wildman–Crippen MR) is 95.9 cm³/mol. The smallest absolute Gasteiger partial charge is 0.0761 e. The highest BCUT2D eigenvalue weighted by molar-refractivity contribution is 9.12. The summed E-state index contributed by atoms with van der Waals surface area (Å²) in [5, 5.41) is 3.63. The molecule has 0 bridgehead atoms. The highest BCUT2D eigenvalue weighted by Gasteiger charge is 2.21. The molecule has 1 aromatic carbocycles. The highest BCUT2D eigenvalue weighted by Crippen LogP contribution is 2.39. The van der Waals surface area contributed by atoms with E-state index >= 15 is 0 Å². The molecule has 0 spiro atoms. The quantitative estimate of drug-likeness (QED) is 0.654. The lowest BCUT2D eigenvalue weighted by Gasteiger charge is -2.23. The number of halogens is 2. The first-order valence-electron chi connectivity index (χ1n) is 6.69. The van der Waals surface area contributed by atoms with Crippen LogP contribution in [0.3, 0.4) is 0 Å². The van der Waals surface area contributed by atoms with Gasteiger partial charge in [-0.05, 0) is 87.5 Å². The van der Waals surface area contributed by atoms with Gasteiger partial charge in [0.15, 0.2) is 0 Å². The van der Waals surface area contributed by atoms with E-state index in [-0.39, 0.29) is 6.04 Å². The third kappa shape index (κ3) is 3.35. The molecule has 0 aliphatic carbocycles. The number of thiophene rings is 1. The molecule has 0 fully saturated rings. The largest absolute Gasteiger partial charge is 0.306 e. The van der Waals surface area contributed by atoms with Crippen molar-refractivity contribution in [2.24, 2.45) is 0 Å². The predicted octanol–water partition coefficient (Wildman–Crippen LogP) is 5.90. The van der Waals surface area contributed by atoms with Gasteiger partial charge < -0.3 is 5.32 Å². The number of hydrogen-bond donors (Lipinski definition) is 1. The molecular weight excluding hydrogens is 398 g/mol. The topological polar surface area (TPSA) is 12.0 Å². The van der Waals surface area contributed by atoms with E-state index in [1.54, 1.807) is 11.3 Å². The Balaban J connectivity index is 2.57. The van der Waals surface area contributed by atoms with Gasteiger partial charge in [0.2, 0.25) is 0 Å². The highest BCUT2D eigenvalue weighted by atomic mass is 79.9. The van der Waals surface area contributed by atoms with Crippen LogP contribution in [-0.4, -0.2) is 6.54 Å². The summed E-state index contributed by atoms with van der Waals surface area (Å²) in [5.74, 6) is 0. The minimum absolute atomic E-state index is 0.234. The van der Waals surface area contributed by atoms with Crippen LogP contribution in [0, 0.1) is 20.8 Å². The number of aryl methyl sites for hydroxylation is 3. The van der Waals surface area contributed by atoms with Gasteiger partial charge in [-0.1, -0.05) is 24.6 Å². The van der Waals surface area contributed by atoms with Crippen molar-refractivity contribution in [3.05, 3.63) is 53.6 Å². The summed E-state index contributed by atoms with van der Waals surface area (Å²) in [6.07, 6.45) is 0. The zero-order valence-electron chi connectivity index (χ0n) is 12.2. The second kappa shape index (κ2) is 6.73. The van der Waals surface area contributed by atoms with Crippen LogP contribution < -0.4 is 5.32 Å². The third-order valence-corrected chi connectivity index (χ3v) is 5.81. The number of nitrogens with one attached hydrogen (secondary N) is 1. The van der Waals surface area contributed by atoms with Crippen LogP contribution in [-0.2, 0) is 0 Å². The Morgan fingerprint density at radius 1 is 1.10 bits per heavy atom. The maximum absolute atomic E-state index is 3.70. The second-order valence-corrected chi connectivity index (χ2v) is 8.83. The van der Waals surface area contributed by atoms with Crippen molar-refractivity contribution < 1.29 is 0 Å². The average Bonchev–Trinajstić information content (AvgIpc) is 2.66. The van der Waals surface area contributed by atoms with Crippen molar-refractivity contribution in [1.82, 2.24) is 5.32 Å². The van der Waals surface area contributed by atoms with E-state index in [9.17, 15) is 0 Å². The fourth-order valence-corrected chi connectivity index (χ4v) is 5.67. The van der Waals surface area contributed by atoms with Gasteiger partial charge >= 0.3 is 0 Å². The average molecular weight is 417 g/mol. The maximum atomic E-state index is 3.70. The summed E-state index contributed by atoms with van der Waals surface area (Å²) in [7, 11) is 0. The fraction of sp³-hybridized carbons (Fsp3) is 0.375. The lowest BCUT2D eigenvalue weighted by atomic mass is 9.91. The Hall–Kier alpha value is -0.160. The van der Waals surface area contributed by atoms with Gasteiger partial charge in [0.25, 0.3) is 0 Å².